The van der Waals surface area contributed by atoms with Crippen LogP contribution in [0.5, 0.6) is 0 Å². The molecule has 0 aromatic carbocycles. The van der Waals surface area contributed by atoms with Crippen molar-refractivity contribution in [1.82, 2.24) is 10.0 Å². The highest BCUT2D eigenvalue weighted by atomic mass is 32.2. The van der Waals surface area contributed by atoms with Crippen molar-refractivity contribution < 1.29 is 8.42 Å². The first-order valence-electron chi connectivity index (χ1n) is 6.19. The summed E-state index contributed by atoms with van der Waals surface area (Å²) in [4.78, 5) is 1.09. The number of nitrogens with one attached hydrogen (secondary N) is 2. The van der Waals surface area contributed by atoms with E-state index in [2.05, 4.69) is 17.0 Å². The molecule has 1 heterocycles. The van der Waals surface area contributed by atoms with E-state index >= 15 is 0 Å². The van der Waals surface area contributed by atoms with Crippen LogP contribution in [0.15, 0.2) is 10.3 Å². The van der Waals surface area contributed by atoms with Crippen LogP contribution in [-0.2, 0) is 16.6 Å². The third-order valence-corrected chi connectivity index (χ3v) is 5.74. The molecular formula is C12H22N2O2S2. The van der Waals surface area contributed by atoms with Gasteiger partial charge in [0.15, 0.2) is 0 Å². The summed E-state index contributed by atoms with van der Waals surface area (Å²) in [6.07, 6.45) is 1.07. The Labute approximate surface area is 114 Å². The van der Waals surface area contributed by atoms with Crippen LogP contribution >= 0.6 is 11.3 Å². The number of hydrogen-bond acceptors (Lipinski definition) is 4. The van der Waals surface area contributed by atoms with E-state index in [1.165, 1.54) is 11.3 Å². The van der Waals surface area contributed by atoms with E-state index in [1.54, 1.807) is 6.07 Å². The number of thiophene rings is 1. The topological polar surface area (TPSA) is 58.2 Å². The second-order valence-corrected chi connectivity index (χ2v) is 7.70. The van der Waals surface area contributed by atoms with Gasteiger partial charge >= 0.3 is 0 Å². The molecular weight excluding hydrogens is 268 g/mol. The van der Waals surface area contributed by atoms with Crippen molar-refractivity contribution in [2.24, 2.45) is 0 Å². The van der Waals surface area contributed by atoms with Crippen LogP contribution in [-0.4, -0.2) is 21.0 Å². The van der Waals surface area contributed by atoms with Crippen molar-refractivity contribution in [2.75, 3.05) is 6.54 Å². The fourth-order valence-corrected chi connectivity index (χ4v) is 4.37. The molecule has 4 nitrogen and oxygen atoms in total. The summed E-state index contributed by atoms with van der Waals surface area (Å²) < 4.78 is 27.0. The Hall–Kier alpha value is -0.430. The number of aryl methyl sites for hydroxylation is 1. The van der Waals surface area contributed by atoms with Crippen molar-refractivity contribution in [1.29, 1.82) is 0 Å². The van der Waals surface area contributed by atoms with E-state index in [4.69, 9.17) is 0 Å². The Kier molecular flexibility index (Phi) is 5.78. The lowest BCUT2D eigenvalue weighted by Gasteiger charge is -2.06. The molecule has 0 atom stereocenters. The maximum Gasteiger partial charge on any atom is 0.250 e. The Morgan fingerprint density at radius 2 is 2.06 bits per heavy atom. The zero-order valence-corrected chi connectivity index (χ0v) is 13.0. The smallest absolute Gasteiger partial charge is 0.250 e. The van der Waals surface area contributed by atoms with Gasteiger partial charge in [-0.15, -0.1) is 11.3 Å². The molecule has 0 radical (unpaired) electrons. The highest BCUT2D eigenvalue weighted by molar-refractivity contribution is 7.91. The van der Waals surface area contributed by atoms with Crippen molar-refractivity contribution in [2.45, 2.75) is 50.9 Å². The molecule has 1 rings (SSSR count). The van der Waals surface area contributed by atoms with Gasteiger partial charge in [0.2, 0.25) is 10.0 Å². The Morgan fingerprint density at radius 3 is 2.61 bits per heavy atom. The monoisotopic (exact) mass is 290 g/mol. The predicted molar refractivity (Wildman–Crippen MR) is 76.5 cm³/mol. The molecule has 2 N–H and O–H groups in total. The lowest BCUT2D eigenvalue weighted by molar-refractivity contribution is 0.572. The van der Waals surface area contributed by atoms with E-state index in [9.17, 15) is 8.42 Å². The second kappa shape index (κ2) is 6.65. The molecule has 0 saturated carbocycles. The summed E-state index contributed by atoms with van der Waals surface area (Å²) in [6.45, 7) is 9.39. The summed E-state index contributed by atoms with van der Waals surface area (Å²) in [5.41, 5.74) is 1.03. The van der Waals surface area contributed by atoms with Gasteiger partial charge in [-0.3, -0.25) is 0 Å². The van der Waals surface area contributed by atoms with Gasteiger partial charge in [0.05, 0.1) is 0 Å². The largest absolute Gasteiger partial charge is 0.312 e. The lowest BCUT2D eigenvalue weighted by atomic mass is 10.3. The molecule has 1 aromatic rings. The molecule has 104 valence electrons. The average Bonchev–Trinajstić information content (AvgIpc) is 2.60. The Balaban J connectivity index is 2.83. The maximum absolute atomic E-state index is 12.0. The van der Waals surface area contributed by atoms with Crippen LogP contribution in [0, 0.1) is 6.92 Å². The molecule has 0 unspecified atom stereocenters. The molecule has 0 amide bonds. The van der Waals surface area contributed by atoms with Gasteiger partial charge in [0.25, 0.3) is 0 Å². The standard InChI is InChI=1S/C12H22N2O2S2/c1-5-6-13-8-11-10(4)7-12(17-11)18(15,16)14-9(2)3/h7,9,13-14H,5-6,8H2,1-4H3. The Bertz CT molecular complexity index is 478. The zero-order valence-electron chi connectivity index (χ0n) is 11.4. The molecule has 0 aliphatic heterocycles. The van der Waals surface area contributed by atoms with Crippen molar-refractivity contribution >= 4 is 21.4 Å². The molecule has 0 spiro atoms. The molecule has 1 aromatic heterocycles. The van der Waals surface area contributed by atoms with E-state index in [0.717, 1.165) is 30.0 Å². The van der Waals surface area contributed by atoms with Gasteiger partial charge in [-0.25, -0.2) is 13.1 Å². The first-order chi connectivity index (χ1) is 8.36. The molecule has 0 bridgehead atoms. The number of sulfonamides is 1. The van der Waals surface area contributed by atoms with Crippen LogP contribution in [0.3, 0.4) is 0 Å². The van der Waals surface area contributed by atoms with Crippen LogP contribution in [0.25, 0.3) is 0 Å². The number of hydrogen-bond donors (Lipinski definition) is 2. The van der Waals surface area contributed by atoms with Crippen molar-refractivity contribution in [3.8, 4) is 0 Å². The minimum Gasteiger partial charge on any atom is -0.312 e. The van der Waals surface area contributed by atoms with Gasteiger partial charge in [0.1, 0.15) is 4.21 Å². The molecule has 0 aliphatic rings. The highest BCUT2D eigenvalue weighted by Gasteiger charge is 2.19. The summed E-state index contributed by atoms with van der Waals surface area (Å²) in [5.74, 6) is 0. The minimum absolute atomic E-state index is 0.0842. The SMILES string of the molecule is CCCNCc1sc(S(=O)(=O)NC(C)C)cc1C. The normalized spacial score (nSPS) is 12.3. The zero-order chi connectivity index (χ0) is 13.8. The van der Waals surface area contributed by atoms with E-state index in [0.29, 0.717) is 4.21 Å². The summed E-state index contributed by atoms with van der Waals surface area (Å²) in [7, 11) is -3.35. The van der Waals surface area contributed by atoms with Crippen LogP contribution in [0.2, 0.25) is 0 Å². The quantitative estimate of drug-likeness (QED) is 0.757. The maximum atomic E-state index is 12.0. The average molecular weight is 290 g/mol. The van der Waals surface area contributed by atoms with E-state index in [-0.39, 0.29) is 6.04 Å². The first kappa shape index (κ1) is 15.6. The number of rotatable bonds is 7. The highest BCUT2D eigenvalue weighted by Crippen LogP contribution is 2.25. The molecule has 0 fully saturated rings. The van der Waals surface area contributed by atoms with Crippen molar-refractivity contribution in [3.63, 3.8) is 0 Å². The summed E-state index contributed by atoms with van der Waals surface area (Å²) >= 11 is 1.35. The molecule has 0 saturated heterocycles. The second-order valence-electron chi connectivity index (χ2n) is 4.62. The summed E-state index contributed by atoms with van der Waals surface area (Å²) in [6, 6.07) is 1.66. The van der Waals surface area contributed by atoms with Gasteiger partial charge < -0.3 is 5.32 Å². The van der Waals surface area contributed by atoms with Crippen LogP contribution in [0.4, 0.5) is 0 Å². The van der Waals surface area contributed by atoms with E-state index < -0.39 is 10.0 Å². The van der Waals surface area contributed by atoms with Gasteiger partial charge in [-0.2, -0.15) is 0 Å². The molecule has 6 heteroatoms. The molecule has 0 aliphatic carbocycles. The minimum atomic E-state index is -3.35. The fraction of sp³-hybridized carbons (Fsp3) is 0.667. The van der Waals surface area contributed by atoms with Crippen molar-refractivity contribution in [3.05, 3.63) is 16.5 Å². The van der Waals surface area contributed by atoms with Gasteiger partial charge in [0, 0.05) is 17.5 Å². The van der Waals surface area contributed by atoms with Crippen LogP contribution < -0.4 is 10.0 Å². The summed E-state index contributed by atoms with van der Waals surface area (Å²) in [5, 5.41) is 3.29. The Morgan fingerprint density at radius 1 is 1.39 bits per heavy atom. The van der Waals surface area contributed by atoms with E-state index in [1.807, 2.05) is 20.8 Å². The van der Waals surface area contributed by atoms with Gasteiger partial charge in [-0.1, -0.05) is 6.92 Å². The van der Waals surface area contributed by atoms with Crippen LogP contribution in [0.1, 0.15) is 37.6 Å². The van der Waals surface area contributed by atoms with Gasteiger partial charge in [-0.05, 0) is 45.4 Å². The third-order valence-electron chi connectivity index (χ3n) is 2.37. The first-order valence-corrected chi connectivity index (χ1v) is 8.49. The lowest BCUT2D eigenvalue weighted by Crippen LogP contribution is -2.29. The fourth-order valence-electron chi connectivity index (χ4n) is 1.54. The molecule has 18 heavy (non-hydrogen) atoms. The predicted octanol–water partition coefficient (Wildman–Crippen LogP) is 2.24. The third kappa shape index (κ3) is 4.35.